The van der Waals surface area contributed by atoms with E-state index in [4.69, 9.17) is 5.73 Å². The first-order valence-electron chi connectivity index (χ1n) is 6.64. The molecule has 1 aromatic carbocycles. The van der Waals surface area contributed by atoms with Crippen LogP contribution in [0.3, 0.4) is 0 Å². The summed E-state index contributed by atoms with van der Waals surface area (Å²) >= 11 is 1.09. The number of hydrogen-bond acceptors (Lipinski definition) is 6. The van der Waals surface area contributed by atoms with E-state index in [-0.39, 0.29) is 16.7 Å². The highest BCUT2D eigenvalue weighted by Crippen LogP contribution is 2.34. The number of aromatic nitrogens is 3. The lowest BCUT2D eigenvalue weighted by atomic mass is 10.1. The number of benzene rings is 1. The molecule has 0 atom stereocenters. The molecule has 1 aliphatic rings. The van der Waals surface area contributed by atoms with Crippen molar-refractivity contribution in [2.24, 2.45) is 5.73 Å². The number of primary amides is 1. The molecule has 0 radical (unpaired) electrons. The molecule has 0 unspecified atom stereocenters. The molecule has 0 saturated heterocycles. The maximum atomic E-state index is 12.7. The summed E-state index contributed by atoms with van der Waals surface area (Å²) in [6, 6.07) is 6.97. The third-order valence-corrected chi connectivity index (χ3v) is 4.60. The second kappa shape index (κ2) is 4.71. The van der Waals surface area contributed by atoms with E-state index >= 15 is 0 Å². The second-order valence-corrected chi connectivity index (χ2v) is 5.92. The highest BCUT2D eigenvalue weighted by molar-refractivity contribution is 7.15. The van der Waals surface area contributed by atoms with Gasteiger partial charge < -0.3 is 5.73 Å². The number of carbonyl (C=O) groups is 2. The van der Waals surface area contributed by atoms with Gasteiger partial charge in [0.05, 0.1) is 11.3 Å². The van der Waals surface area contributed by atoms with E-state index in [1.54, 1.807) is 24.3 Å². The fourth-order valence-electron chi connectivity index (χ4n) is 2.64. The van der Waals surface area contributed by atoms with Crippen LogP contribution in [0, 0.1) is 0 Å². The van der Waals surface area contributed by atoms with Gasteiger partial charge in [-0.2, -0.15) is 9.61 Å². The maximum Gasteiger partial charge on any atom is 0.291 e. The number of thiazole rings is 1. The van der Waals surface area contributed by atoms with Gasteiger partial charge in [-0.3, -0.25) is 19.3 Å². The number of nitrogens with two attached hydrogens (primary N) is 1. The van der Waals surface area contributed by atoms with Crippen molar-refractivity contribution in [1.82, 2.24) is 14.6 Å². The van der Waals surface area contributed by atoms with Crippen molar-refractivity contribution in [3.05, 3.63) is 51.0 Å². The van der Waals surface area contributed by atoms with Gasteiger partial charge in [-0.1, -0.05) is 29.5 Å². The lowest BCUT2D eigenvalue weighted by Gasteiger charge is -2.14. The van der Waals surface area contributed by atoms with Crippen molar-refractivity contribution in [2.45, 2.75) is 0 Å². The second-order valence-electron chi connectivity index (χ2n) is 4.94. The van der Waals surface area contributed by atoms with Crippen LogP contribution in [0.5, 0.6) is 0 Å². The van der Waals surface area contributed by atoms with Crippen molar-refractivity contribution in [3.63, 3.8) is 0 Å². The molecular formula is C14H9N5O3S. The van der Waals surface area contributed by atoms with Gasteiger partial charge in [0, 0.05) is 5.56 Å². The zero-order valence-electron chi connectivity index (χ0n) is 11.6. The van der Waals surface area contributed by atoms with Crippen LogP contribution in [-0.2, 0) is 9.59 Å². The predicted octanol–water partition coefficient (Wildman–Crippen LogP) is -1.10. The molecule has 8 nitrogen and oxygen atoms in total. The lowest BCUT2D eigenvalue weighted by molar-refractivity contribution is -0.119. The summed E-state index contributed by atoms with van der Waals surface area (Å²) in [6.45, 7) is -0.242. The number of amides is 2. The van der Waals surface area contributed by atoms with Gasteiger partial charge in [0.15, 0.2) is 0 Å². The fraction of sp³-hybridized carbons (Fsp3) is 0.0714. The monoisotopic (exact) mass is 327 g/mol. The highest BCUT2D eigenvalue weighted by Gasteiger charge is 2.34. The average molecular weight is 327 g/mol. The SMILES string of the molecule is NC(=O)CN1C(=O)C(=c2sc3ncnn3c2=O)c2ccccc21. The molecule has 0 bridgehead atoms. The van der Waals surface area contributed by atoms with E-state index in [2.05, 4.69) is 10.1 Å². The van der Waals surface area contributed by atoms with Crippen molar-refractivity contribution in [1.29, 1.82) is 0 Å². The van der Waals surface area contributed by atoms with Crippen LogP contribution >= 0.6 is 11.3 Å². The van der Waals surface area contributed by atoms with Crippen LogP contribution in [0.2, 0.25) is 0 Å². The van der Waals surface area contributed by atoms with Gasteiger partial charge in [-0.05, 0) is 6.07 Å². The summed E-state index contributed by atoms with van der Waals surface area (Å²) in [4.78, 5) is 42.1. The van der Waals surface area contributed by atoms with Crippen LogP contribution in [-0.4, -0.2) is 33.0 Å². The molecule has 23 heavy (non-hydrogen) atoms. The van der Waals surface area contributed by atoms with E-state index in [0.717, 1.165) is 15.9 Å². The number of carbonyl (C=O) groups excluding carboxylic acids is 2. The minimum absolute atomic E-state index is 0.242. The normalized spacial score (nSPS) is 16.2. The summed E-state index contributed by atoms with van der Waals surface area (Å²) in [5, 5.41) is 3.85. The third-order valence-electron chi connectivity index (χ3n) is 3.56. The number of para-hydroxylation sites is 1. The molecule has 0 aliphatic carbocycles. The standard InChI is InChI=1S/C14H9N5O3S/c15-9(20)5-18-8-4-2-1-3-7(8)10(12(18)21)11-13(22)19-14(23-11)16-6-17-19/h1-4,6H,5H2,(H2,15,20). The van der Waals surface area contributed by atoms with Gasteiger partial charge in [-0.15, -0.1) is 0 Å². The van der Waals surface area contributed by atoms with Gasteiger partial charge in [0.25, 0.3) is 11.5 Å². The molecule has 2 N–H and O–H groups in total. The number of hydrogen-bond donors (Lipinski definition) is 1. The summed E-state index contributed by atoms with van der Waals surface area (Å²) in [7, 11) is 0. The molecule has 2 aromatic heterocycles. The van der Waals surface area contributed by atoms with Crippen LogP contribution < -0.4 is 20.7 Å². The molecular weight excluding hydrogens is 318 g/mol. The molecule has 1 aliphatic heterocycles. The number of nitrogens with zero attached hydrogens (tertiary/aromatic N) is 4. The van der Waals surface area contributed by atoms with Crippen molar-refractivity contribution in [3.8, 4) is 0 Å². The highest BCUT2D eigenvalue weighted by atomic mass is 32.1. The third kappa shape index (κ3) is 1.87. The van der Waals surface area contributed by atoms with Gasteiger partial charge in [0.1, 0.15) is 17.4 Å². The minimum Gasteiger partial charge on any atom is -0.368 e. The zero-order valence-corrected chi connectivity index (χ0v) is 12.4. The van der Waals surface area contributed by atoms with Crippen molar-refractivity contribution >= 4 is 39.4 Å². The smallest absolute Gasteiger partial charge is 0.291 e. The maximum absolute atomic E-state index is 12.7. The van der Waals surface area contributed by atoms with E-state index < -0.39 is 17.4 Å². The van der Waals surface area contributed by atoms with Gasteiger partial charge >= 0.3 is 0 Å². The Kier molecular flexibility index (Phi) is 2.78. The van der Waals surface area contributed by atoms with E-state index in [1.165, 1.54) is 11.2 Å². The molecule has 4 rings (SSSR count). The first kappa shape index (κ1) is 13.6. The lowest BCUT2D eigenvalue weighted by Crippen LogP contribution is -2.37. The Balaban J connectivity index is 2.06. The molecule has 0 saturated carbocycles. The number of fused-ring (bicyclic) bond motifs is 2. The van der Waals surface area contributed by atoms with Crippen molar-refractivity contribution < 1.29 is 9.59 Å². The Morgan fingerprint density at radius 3 is 2.78 bits per heavy atom. The largest absolute Gasteiger partial charge is 0.368 e. The quantitative estimate of drug-likeness (QED) is 0.642. The topological polar surface area (TPSA) is 111 Å². The summed E-state index contributed by atoms with van der Waals surface area (Å²) < 4.78 is 1.41. The zero-order chi connectivity index (χ0) is 16.1. The molecule has 9 heteroatoms. The summed E-state index contributed by atoms with van der Waals surface area (Å²) in [6.07, 6.45) is 1.28. The summed E-state index contributed by atoms with van der Waals surface area (Å²) in [5.41, 5.74) is 6.24. The Hall–Kier alpha value is -3.07. The molecule has 3 heterocycles. The Morgan fingerprint density at radius 2 is 2.04 bits per heavy atom. The minimum atomic E-state index is -0.626. The number of anilines is 1. The van der Waals surface area contributed by atoms with Gasteiger partial charge in [-0.25, -0.2) is 4.98 Å². The molecule has 2 amide bonds. The van der Waals surface area contributed by atoms with E-state index in [1.807, 2.05) is 0 Å². The van der Waals surface area contributed by atoms with E-state index in [9.17, 15) is 14.4 Å². The molecule has 3 aromatic rings. The van der Waals surface area contributed by atoms with Crippen LogP contribution in [0.4, 0.5) is 5.69 Å². The Labute approximate surface area is 132 Å². The first-order chi connectivity index (χ1) is 11.1. The van der Waals surface area contributed by atoms with Crippen LogP contribution in [0.25, 0.3) is 10.5 Å². The first-order valence-corrected chi connectivity index (χ1v) is 7.46. The average Bonchev–Trinajstić information content (AvgIpc) is 3.16. The molecule has 0 spiro atoms. The summed E-state index contributed by atoms with van der Waals surface area (Å²) in [5.74, 6) is -1.05. The molecule has 0 fully saturated rings. The van der Waals surface area contributed by atoms with Crippen LogP contribution in [0.15, 0.2) is 35.4 Å². The van der Waals surface area contributed by atoms with Crippen LogP contribution in [0.1, 0.15) is 5.56 Å². The fourth-order valence-corrected chi connectivity index (χ4v) is 3.61. The van der Waals surface area contributed by atoms with Gasteiger partial charge in [0.2, 0.25) is 10.9 Å². The Bertz CT molecular complexity index is 1080. The predicted molar refractivity (Wildman–Crippen MR) is 82.9 cm³/mol. The molecule has 114 valence electrons. The number of rotatable bonds is 2. The Morgan fingerprint density at radius 1 is 1.26 bits per heavy atom. The van der Waals surface area contributed by atoms with Crippen molar-refractivity contribution in [2.75, 3.05) is 11.4 Å². The van der Waals surface area contributed by atoms with E-state index in [0.29, 0.717) is 16.2 Å².